The molecule has 1 saturated heterocycles. The quantitative estimate of drug-likeness (QED) is 0.859. The molecule has 0 saturated carbocycles. The molecule has 1 N–H and O–H groups in total. The first-order valence-electron chi connectivity index (χ1n) is 6.13. The first-order chi connectivity index (χ1) is 8.11. The Hall–Kier alpha value is -1.16. The van der Waals surface area contributed by atoms with Crippen molar-refractivity contribution in [3.8, 4) is 0 Å². The molecule has 0 radical (unpaired) electrons. The van der Waals surface area contributed by atoms with Crippen LogP contribution in [0.5, 0.6) is 0 Å². The summed E-state index contributed by atoms with van der Waals surface area (Å²) in [7, 11) is 0. The molecular formula is C13H19FN2O. The number of pyridine rings is 1. The lowest BCUT2D eigenvalue weighted by atomic mass is 9.94. The van der Waals surface area contributed by atoms with E-state index in [4.69, 9.17) is 0 Å². The second-order valence-corrected chi connectivity index (χ2v) is 4.98. The van der Waals surface area contributed by atoms with E-state index < -0.39 is 5.82 Å². The Balaban J connectivity index is 2.31. The molecule has 1 aliphatic heterocycles. The van der Waals surface area contributed by atoms with E-state index in [0.29, 0.717) is 17.5 Å². The minimum Gasteiger partial charge on any atom is -0.392 e. The Labute approximate surface area is 101 Å². The van der Waals surface area contributed by atoms with Crippen molar-refractivity contribution < 1.29 is 9.50 Å². The predicted octanol–water partition coefficient (Wildman–Crippen LogP) is 2.34. The van der Waals surface area contributed by atoms with Crippen LogP contribution < -0.4 is 4.90 Å². The summed E-state index contributed by atoms with van der Waals surface area (Å²) in [5.74, 6) is 0.952. The zero-order chi connectivity index (χ0) is 12.4. The molecule has 0 bridgehead atoms. The van der Waals surface area contributed by atoms with Gasteiger partial charge in [-0.05, 0) is 31.7 Å². The molecular weight excluding hydrogens is 219 g/mol. The number of rotatable bonds is 2. The number of aromatic nitrogens is 1. The monoisotopic (exact) mass is 238 g/mol. The van der Waals surface area contributed by atoms with E-state index in [9.17, 15) is 9.50 Å². The maximum atomic E-state index is 13.1. The molecule has 2 unspecified atom stereocenters. The van der Waals surface area contributed by atoms with Crippen LogP contribution >= 0.6 is 0 Å². The van der Waals surface area contributed by atoms with Crippen molar-refractivity contribution in [2.24, 2.45) is 5.92 Å². The summed E-state index contributed by atoms with van der Waals surface area (Å²) in [6.45, 7) is 5.11. The summed E-state index contributed by atoms with van der Waals surface area (Å²) in [5.41, 5.74) is 0.575. The predicted molar refractivity (Wildman–Crippen MR) is 65.3 cm³/mol. The lowest BCUT2D eigenvalue weighted by molar-refractivity contribution is 0.279. The van der Waals surface area contributed by atoms with Crippen LogP contribution in [0.2, 0.25) is 0 Å². The minimum atomic E-state index is -0.393. The fourth-order valence-electron chi connectivity index (χ4n) is 2.43. The maximum absolute atomic E-state index is 13.1. The first-order valence-corrected chi connectivity index (χ1v) is 6.13. The van der Waals surface area contributed by atoms with Gasteiger partial charge in [-0.3, -0.25) is 0 Å². The summed E-state index contributed by atoms with van der Waals surface area (Å²) >= 11 is 0. The Morgan fingerprint density at radius 1 is 1.47 bits per heavy atom. The number of aliphatic hydroxyl groups is 1. The molecule has 0 amide bonds. The molecule has 0 aromatic carbocycles. The fraction of sp³-hybridized carbons (Fsp3) is 0.615. The number of anilines is 1. The largest absolute Gasteiger partial charge is 0.392 e. The molecule has 3 nitrogen and oxygen atoms in total. The van der Waals surface area contributed by atoms with Gasteiger partial charge in [0.15, 0.2) is 0 Å². The van der Waals surface area contributed by atoms with Gasteiger partial charge < -0.3 is 10.0 Å². The van der Waals surface area contributed by atoms with Gasteiger partial charge in [0.25, 0.3) is 0 Å². The molecule has 1 aliphatic rings. The summed E-state index contributed by atoms with van der Waals surface area (Å²) in [5, 5.41) is 9.29. The average Bonchev–Trinajstić information content (AvgIpc) is 2.32. The molecule has 1 aromatic heterocycles. The van der Waals surface area contributed by atoms with Crippen LogP contribution in [0.1, 0.15) is 32.3 Å². The van der Waals surface area contributed by atoms with E-state index >= 15 is 0 Å². The molecule has 0 aliphatic carbocycles. The second kappa shape index (κ2) is 5.00. The summed E-state index contributed by atoms with van der Waals surface area (Å²) < 4.78 is 13.1. The standard InChI is InChI=1S/C13H19FN2O/c1-9-3-4-10(2)16(7-9)13-11(8-17)5-12(14)6-15-13/h5-6,9-10,17H,3-4,7-8H2,1-2H3. The lowest BCUT2D eigenvalue weighted by Crippen LogP contribution is -2.42. The third kappa shape index (κ3) is 2.57. The summed E-state index contributed by atoms with van der Waals surface area (Å²) in [6, 6.07) is 1.77. The van der Waals surface area contributed by atoms with Crippen LogP contribution in [0.25, 0.3) is 0 Å². The van der Waals surface area contributed by atoms with Gasteiger partial charge in [0, 0.05) is 18.2 Å². The van der Waals surface area contributed by atoms with Crippen molar-refractivity contribution in [2.45, 2.75) is 39.3 Å². The number of hydrogen-bond donors (Lipinski definition) is 1. The molecule has 2 rings (SSSR count). The van der Waals surface area contributed by atoms with Gasteiger partial charge in [-0.25, -0.2) is 9.37 Å². The number of aliphatic hydroxyl groups excluding tert-OH is 1. The Morgan fingerprint density at radius 2 is 2.24 bits per heavy atom. The first kappa shape index (κ1) is 12.3. The molecule has 1 fully saturated rings. The summed E-state index contributed by atoms with van der Waals surface area (Å²) in [6.07, 6.45) is 3.55. The second-order valence-electron chi connectivity index (χ2n) is 4.98. The zero-order valence-electron chi connectivity index (χ0n) is 10.4. The van der Waals surface area contributed by atoms with Crippen LogP contribution in [0.15, 0.2) is 12.3 Å². The van der Waals surface area contributed by atoms with Gasteiger partial charge in [-0.1, -0.05) is 6.92 Å². The van der Waals surface area contributed by atoms with Gasteiger partial charge >= 0.3 is 0 Å². The van der Waals surface area contributed by atoms with Crippen LogP contribution in [-0.4, -0.2) is 22.7 Å². The summed E-state index contributed by atoms with van der Waals surface area (Å²) in [4.78, 5) is 6.33. The van der Waals surface area contributed by atoms with E-state index in [-0.39, 0.29) is 6.61 Å². The van der Waals surface area contributed by atoms with E-state index in [0.717, 1.165) is 18.8 Å². The van der Waals surface area contributed by atoms with Crippen molar-refractivity contribution >= 4 is 5.82 Å². The van der Waals surface area contributed by atoms with E-state index in [1.54, 1.807) is 0 Å². The smallest absolute Gasteiger partial charge is 0.142 e. The highest BCUT2D eigenvalue weighted by Crippen LogP contribution is 2.28. The highest BCUT2D eigenvalue weighted by atomic mass is 19.1. The number of piperidine rings is 1. The lowest BCUT2D eigenvalue weighted by Gasteiger charge is -2.38. The zero-order valence-corrected chi connectivity index (χ0v) is 10.4. The van der Waals surface area contributed by atoms with Crippen molar-refractivity contribution in [2.75, 3.05) is 11.4 Å². The van der Waals surface area contributed by atoms with Gasteiger partial charge in [0.2, 0.25) is 0 Å². The Morgan fingerprint density at radius 3 is 2.94 bits per heavy atom. The van der Waals surface area contributed by atoms with Crippen molar-refractivity contribution in [3.05, 3.63) is 23.6 Å². The number of nitrogens with zero attached hydrogens (tertiary/aromatic N) is 2. The van der Waals surface area contributed by atoms with Crippen LogP contribution in [0, 0.1) is 11.7 Å². The number of hydrogen-bond acceptors (Lipinski definition) is 3. The van der Waals surface area contributed by atoms with Gasteiger partial charge in [-0.15, -0.1) is 0 Å². The molecule has 2 atom stereocenters. The normalized spacial score (nSPS) is 25.1. The SMILES string of the molecule is CC1CCC(C)N(c2ncc(F)cc2CO)C1. The average molecular weight is 238 g/mol. The van der Waals surface area contributed by atoms with Crippen LogP contribution in [-0.2, 0) is 6.61 Å². The van der Waals surface area contributed by atoms with Crippen LogP contribution in [0.4, 0.5) is 10.2 Å². The Kier molecular flexibility index (Phi) is 3.62. The van der Waals surface area contributed by atoms with E-state index in [2.05, 4.69) is 23.7 Å². The molecule has 2 heterocycles. The third-order valence-electron chi connectivity index (χ3n) is 3.47. The van der Waals surface area contributed by atoms with Gasteiger partial charge in [0.05, 0.1) is 12.8 Å². The minimum absolute atomic E-state index is 0.169. The Bertz CT molecular complexity index is 397. The molecule has 94 valence electrons. The highest BCUT2D eigenvalue weighted by molar-refractivity contribution is 5.48. The highest BCUT2D eigenvalue weighted by Gasteiger charge is 2.25. The topological polar surface area (TPSA) is 36.4 Å². The van der Waals surface area contributed by atoms with Gasteiger partial charge in [0.1, 0.15) is 11.6 Å². The van der Waals surface area contributed by atoms with Crippen molar-refractivity contribution in [3.63, 3.8) is 0 Å². The van der Waals surface area contributed by atoms with E-state index in [1.165, 1.54) is 18.7 Å². The maximum Gasteiger partial charge on any atom is 0.142 e. The molecule has 1 aromatic rings. The number of halogens is 1. The van der Waals surface area contributed by atoms with Crippen molar-refractivity contribution in [1.29, 1.82) is 0 Å². The molecule has 17 heavy (non-hydrogen) atoms. The fourth-order valence-corrected chi connectivity index (χ4v) is 2.43. The third-order valence-corrected chi connectivity index (χ3v) is 3.47. The van der Waals surface area contributed by atoms with E-state index in [1.807, 2.05) is 0 Å². The molecule has 4 heteroatoms. The van der Waals surface area contributed by atoms with Crippen LogP contribution in [0.3, 0.4) is 0 Å². The van der Waals surface area contributed by atoms with Crippen molar-refractivity contribution in [1.82, 2.24) is 4.98 Å². The molecule has 0 spiro atoms. The van der Waals surface area contributed by atoms with Gasteiger partial charge in [-0.2, -0.15) is 0 Å².